The molecule has 0 radical (unpaired) electrons. The van der Waals surface area contributed by atoms with Crippen molar-refractivity contribution < 1.29 is 14.4 Å². The molecule has 0 bridgehead atoms. The Bertz CT molecular complexity index is 802. The Morgan fingerprint density at radius 3 is 1.68 bits per heavy atom. The van der Waals surface area contributed by atoms with E-state index in [9.17, 15) is 14.4 Å². The molecule has 0 unspecified atom stereocenters. The largest absolute Gasteiger partial charge is 0.366 e. The zero-order valence-corrected chi connectivity index (χ0v) is 14.4. The first-order chi connectivity index (χ1) is 11.6. The Hall–Kier alpha value is -3.15. The second-order valence-electron chi connectivity index (χ2n) is 6.81. The van der Waals surface area contributed by atoms with Gasteiger partial charge in [-0.25, -0.2) is 0 Å². The van der Waals surface area contributed by atoms with E-state index in [1.165, 1.54) is 18.2 Å². The third kappa shape index (κ3) is 4.44. The molecular weight excluding hydrogens is 318 g/mol. The molecule has 2 aromatic rings. The molecule has 6 heteroatoms. The summed E-state index contributed by atoms with van der Waals surface area (Å²) in [5.41, 5.74) is 12.5. The lowest BCUT2D eigenvalue weighted by Gasteiger charge is -2.19. The molecule has 0 saturated heterocycles. The normalized spacial score (nSPS) is 11.0. The van der Waals surface area contributed by atoms with Crippen LogP contribution in [0.3, 0.4) is 0 Å². The third-order valence-electron chi connectivity index (χ3n) is 3.77. The molecule has 130 valence electrons. The highest BCUT2D eigenvalue weighted by Crippen LogP contribution is 2.22. The smallest absolute Gasteiger partial charge is 0.255 e. The Balaban J connectivity index is 2.28. The van der Waals surface area contributed by atoms with Crippen molar-refractivity contribution in [2.24, 2.45) is 11.5 Å². The first kappa shape index (κ1) is 18.2. The molecule has 2 aromatic carbocycles. The Morgan fingerprint density at radius 1 is 0.800 bits per heavy atom. The van der Waals surface area contributed by atoms with E-state index >= 15 is 0 Å². The maximum atomic E-state index is 12.4. The Kier molecular flexibility index (Phi) is 4.92. The Morgan fingerprint density at radius 2 is 1.28 bits per heavy atom. The number of anilines is 1. The average Bonchev–Trinajstić information content (AvgIpc) is 2.53. The summed E-state index contributed by atoms with van der Waals surface area (Å²) in [7, 11) is 0. The van der Waals surface area contributed by atoms with Crippen LogP contribution < -0.4 is 16.8 Å². The average molecular weight is 339 g/mol. The quantitative estimate of drug-likeness (QED) is 0.794. The molecule has 0 atom stereocenters. The molecule has 3 amide bonds. The summed E-state index contributed by atoms with van der Waals surface area (Å²) in [4.78, 5) is 35.1. The maximum Gasteiger partial charge on any atom is 0.255 e. The number of primary amides is 2. The van der Waals surface area contributed by atoms with Crippen LogP contribution in [0.5, 0.6) is 0 Å². The van der Waals surface area contributed by atoms with Crippen molar-refractivity contribution in [2.75, 3.05) is 5.32 Å². The molecule has 6 nitrogen and oxygen atoms in total. The van der Waals surface area contributed by atoms with Crippen molar-refractivity contribution in [1.82, 2.24) is 0 Å². The van der Waals surface area contributed by atoms with Gasteiger partial charge in [-0.3, -0.25) is 14.4 Å². The number of rotatable bonds is 4. The molecule has 25 heavy (non-hydrogen) atoms. The second-order valence-corrected chi connectivity index (χ2v) is 6.81. The molecule has 0 spiro atoms. The van der Waals surface area contributed by atoms with E-state index in [1.54, 1.807) is 12.1 Å². The van der Waals surface area contributed by atoms with Gasteiger partial charge >= 0.3 is 0 Å². The summed E-state index contributed by atoms with van der Waals surface area (Å²) >= 11 is 0. The van der Waals surface area contributed by atoms with Gasteiger partial charge in [0.15, 0.2) is 0 Å². The minimum atomic E-state index is -0.715. The summed E-state index contributed by atoms with van der Waals surface area (Å²) in [6.07, 6.45) is 0. The van der Waals surface area contributed by atoms with E-state index in [1.807, 2.05) is 12.1 Å². The van der Waals surface area contributed by atoms with Crippen molar-refractivity contribution in [3.63, 3.8) is 0 Å². The van der Waals surface area contributed by atoms with Gasteiger partial charge in [0.05, 0.1) is 0 Å². The van der Waals surface area contributed by atoms with Gasteiger partial charge in [0, 0.05) is 22.4 Å². The molecule has 5 N–H and O–H groups in total. The summed E-state index contributed by atoms with van der Waals surface area (Å²) in [5, 5.41) is 2.65. The highest BCUT2D eigenvalue weighted by molar-refractivity contribution is 6.06. The Labute approximate surface area is 146 Å². The van der Waals surface area contributed by atoms with E-state index < -0.39 is 11.8 Å². The molecule has 0 aliphatic heterocycles. The number of hydrogen-bond donors (Lipinski definition) is 3. The topological polar surface area (TPSA) is 115 Å². The van der Waals surface area contributed by atoms with Gasteiger partial charge in [-0.1, -0.05) is 32.9 Å². The van der Waals surface area contributed by atoms with E-state index in [-0.39, 0.29) is 28.1 Å². The van der Waals surface area contributed by atoms with Gasteiger partial charge in [0.25, 0.3) is 5.91 Å². The fourth-order valence-corrected chi connectivity index (χ4v) is 2.31. The fraction of sp³-hybridized carbons (Fsp3) is 0.211. The van der Waals surface area contributed by atoms with Crippen molar-refractivity contribution in [3.05, 3.63) is 64.7 Å². The van der Waals surface area contributed by atoms with Crippen molar-refractivity contribution in [2.45, 2.75) is 26.2 Å². The van der Waals surface area contributed by atoms with Gasteiger partial charge in [-0.2, -0.15) is 0 Å². The molecule has 0 aliphatic carbocycles. The molecule has 0 heterocycles. The summed E-state index contributed by atoms with van der Waals surface area (Å²) in [6.45, 7) is 6.26. The first-order valence-corrected chi connectivity index (χ1v) is 7.74. The van der Waals surface area contributed by atoms with Crippen LogP contribution in [0.4, 0.5) is 5.69 Å². The second kappa shape index (κ2) is 6.76. The van der Waals surface area contributed by atoms with Crippen molar-refractivity contribution in [1.29, 1.82) is 0 Å². The summed E-state index contributed by atoms with van der Waals surface area (Å²) in [6, 6.07) is 11.3. The lowest BCUT2D eigenvalue weighted by molar-refractivity contribution is 0.0994. The van der Waals surface area contributed by atoms with Crippen LogP contribution in [0.15, 0.2) is 42.5 Å². The number of amides is 3. The molecule has 2 rings (SSSR count). The highest BCUT2D eigenvalue weighted by atomic mass is 16.2. The number of nitrogens with two attached hydrogens (primary N) is 2. The summed E-state index contributed by atoms with van der Waals surface area (Å²) in [5.74, 6) is -1.79. The van der Waals surface area contributed by atoms with Crippen LogP contribution in [0.2, 0.25) is 0 Å². The predicted molar refractivity (Wildman–Crippen MR) is 96.6 cm³/mol. The number of hydrogen-bond acceptors (Lipinski definition) is 3. The van der Waals surface area contributed by atoms with Crippen LogP contribution >= 0.6 is 0 Å². The van der Waals surface area contributed by atoms with Gasteiger partial charge in [0.1, 0.15) is 0 Å². The summed E-state index contributed by atoms with van der Waals surface area (Å²) < 4.78 is 0. The zero-order chi connectivity index (χ0) is 18.8. The lowest BCUT2D eigenvalue weighted by atomic mass is 9.87. The van der Waals surface area contributed by atoms with Gasteiger partial charge in [-0.15, -0.1) is 0 Å². The number of carbonyl (C=O) groups excluding carboxylic acids is 3. The number of nitrogens with one attached hydrogen (secondary N) is 1. The fourth-order valence-electron chi connectivity index (χ4n) is 2.31. The van der Waals surface area contributed by atoms with Gasteiger partial charge in [0.2, 0.25) is 11.8 Å². The van der Waals surface area contributed by atoms with E-state index in [0.29, 0.717) is 5.56 Å². The monoisotopic (exact) mass is 339 g/mol. The number of carbonyl (C=O) groups is 3. The van der Waals surface area contributed by atoms with Gasteiger partial charge in [-0.05, 0) is 41.3 Å². The minimum absolute atomic E-state index is 0.0127. The number of benzene rings is 2. The third-order valence-corrected chi connectivity index (χ3v) is 3.77. The standard InChI is InChI=1S/C19H21N3O3/c1-19(2,3)14-6-4-11(5-7-14)18(25)22-15-9-12(16(20)23)8-13(10-15)17(21)24/h4-10H,1-3H3,(H2,20,23)(H2,21,24)(H,22,25). The highest BCUT2D eigenvalue weighted by Gasteiger charge is 2.15. The van der Waals surface area contributed by atoms with Crippen LogP contribution in [-0.2, 0) is 5.41 Å². The zero-order valence-electron chi connectivity index (χ0n) is 14.4. The SMILES string of the molecule is CC(C)(C)c1ccc(C(=O)Nc2cc(C(N)=O)cc(C(N)=O)c2)cc1. The maximum absolute atomic E-state index is 12.4. The van der Waals surface area contributed by atoms with Crippen LogP contribution in [-0.4, -0.2) is 17.7 Å². The molecule has 0 aromatic heterocycles. The van der Waals surface area contributed by atoms with Crippen molar-refractivity contribution >= 4 is 23.4 Å². The lowest BCUT2D eigenvalue weighted by Crippen LogP contribution is -2.18. The molecule has 0 fully saturated rings. The first-order valence-electron chi connectivity index (χ1n) is 7.74. The molecular formula is C19H21N3O3. The van der Waals surface area contributed by atoms with E-state index in [2.05, 4.69) is 26.1 Å². The van der Waals surface area contributed by atoms with Crippen molar-refractivity contribution in [3.8, 4) is 0 Å². The van der Waals surface area contributed by atoms with Gasteiger partial charge < -0.3 is 16.8 Å². The molecule has 0 saturated carbocycles. The predicted octanol–water partition coefficient (Wildman–Crippen LogP) is 2.43. The molecule has 0 aliphatic rings. The minimum Gasteiger partial charge on any atom is -0.366 e. The van der Waals surface area contributed by atoms with Crippen LogP contribution in [0.25, 0.3) is 0 Å². The van der Waals surface area contributed by atoms with Crippen LogP contribution in [0, 0.1) is 0 Å². The van der Waals surface area contributed by atoms with E-state index in [0.717, 1.165) is 5.56 Å². The van der Waals surface area contributed by atoms with Crippen LogP contribution in [0.1, 0.15) is 57.4 Å². The van der Waals surface area contributed by atoms with E-state index in [4.69, 9.17) is 11.5 Å².